The minimum atomic E-state index is -1.04. The van der Waals surface area contributed by atoms with Crippen LogP contribution in [0.1, 0.15) is 5.56 Å². The van der Waals surface area contributed by atoms with E-state index >= 15 is 0 Å². The largest absolute Gasteiger partial charge is 0.250 e. The van der Waals surface area contributed by atoms with Gasteiger partial charge in [0.1, 0.15) is 0 Å². The highest BCUT2D eigenvalue weighted by atomic mass is 32.2. The molecule has 0 heterocycles. The third kappa shape index (κ3) is 2.99. The number of hydrogen-bond donors (Lipinski definition) is 0. The lowest BCUT2D eigenvalue weighted by atomic mass is 10.2. The predicted octanol–water partition coefficient (Wildman–Crippen LogP) is 2.80. The van der Waals surface area contributed by atoms with E-state index < -0.39 is 10.8 Å². The quantitative estimate of drug-likeness (QED) is 0.673. The summed E-state index contributed by atoms with van der Waals surface area (Å²) in [6.07, 6.45) is 3.31. The lowest BCUT2D eigenvalue weighted by molar-refractivity contribution is 0.688. The monoisotopic (exact) mass is 192 g/mol. The Hall–Kier alpha value is -1.15. The SMILES string of the molecule is C=C/C=C/[S@@](=O)c1ccc(C)cc1. The number of aryl methyl sites for hydroxylation is 1. The van der Waals surface area contributed by atoms with Crippen LogP contribution >= 0.6 is 0 Å². The second kappa shape index (κ2) is 4.77. The minimum absolute atomic E-state index is 0.823. The standard InChI is InChI=1S/C11H12OS/c1-3-4-9-13(12)11-7-5-10(2)6-8-11/h3-9H,1H2,2H3/b9-4+/t13-/m1/s1. The molecule has 0 spiro atoms. The maximum atomic E-state index is 11.5. The van der Waals surface area contributed by atoms with Gasteiger partial charge in [-0.2, -0.15) is 0 Å². The molecule has 0 aliphatic carbocycles. The van der Waals surface area contributed by atoms with E-state index in [1.807, 2.05) is 31.2 Å². The van der Waals surface area contributed by atoms with Crippen molar-refractivity contribution in [3.8, 4) is 0 Å². The van der Waals surface area contributed by atoms with Crippen LogP contribution < -0.4 is 0 Å². The normalized spacial score (nSPS) is 13.0. The van der Waals surface area contributed by atoms with Gasteiger partial charge < -0.3 is 0 Å². The summed E-state index contributed by atoms with van der Waals surface area (Å²) in [5.74, 6) is 0. The van der Waals surface area contributed by atoms with Crippen LogP contribution in [0.4, 0.5) is 0 Å². The summed E-state index contributed by atoms with van der Waals surface area (Å²) in [5.41, 5.74) is 1.17. The Bertz CT molecular complexity index is 336. The first-order valence-corrected chi connectivity index (χ1v) is 5.22. The molecule has 1 atom stereocenters. The second-order valence-corrected chi connectivity index (χ2v) is 4.01. The molecule has 68 valence electrons. The van der Waals surface area contributed by atoms with Gasteiger partial charge in [-0.3, -0.25) is 0 Å². The first kappa shape index (κ1) is 9.93. The Labute approximate surface area is 81.3 Å². The van der Waals surface area contributed by atoms with Crippen LogP contribution in [-0.4, -0.2) is 4.21 Å². The third-order valence-electron chi connectivity index (χ3n) is 1.59. The van der Waals surface area contributed by atoms with E-state index in [-0.39, 0.29) is 0 Å². The summed E-state index contributed by atoms with van der Waals surface area (Å²) in [6, 6.07) is 7.65. The lowest BCUT2D eigenvalue weighted by Gasteiger charge is -1.96. The summed E-state index contributed by atoms with van der Waals surface area (Å²) in [5, 5.41) is 1.62. The molecule has 0 aromatic heterocycles. The van der Waals surface area contributed by atoms with Gasteiger partial charge in [-0.15, -0.1) is 0 Å². The van der Waals surface area contributed by atoms with Crippen molar-refractivity contribution in [1.29, 1.82) is 0 Å². The van der Waals surface area contributed by atoms with Crippen molar-refractivity contribution in [2.45, 2.75) is 11.8 Å². The average Bonchev–Trinajstić information content (AvgIpc) is 2.15. The van der Waals surface area contributed by atoms with Crippen molar-refractivity contribution in [1.82, 2.24) is 0 Å². The minimum Gasteiger partial charge on any atom is -0.250 e. The van der Waals surface area contributed by atoms with E-state index in [2.05, 4.69) is 6.58 Å². The highest BCUT2D eigenvalue weighted by Gasteiger charge is 1.96. The molecule has 1 aromatic rings. The summed E-state index contributed by atoms with van der Waals surface area (Å²) < 4.78 is 11.5. The molecule has 0 bridgehead atoms. The number of benzene rings is 1. The molecule has 1 rings (SSSR count). The molecule has 0 radical (unpaired) electrons. The predicted molar refractivity (Wildman–Crippen MR) is 56.9 cm³/mol. The zero-order chi connectivity index (χ0) is 9.68. The van der Waals surface area contributed by atoms with E-state index in [0.29, 0.717) is 0 Å². The van der Waals surface area contributed by atoms with E-state index in [4.69, 9.17) is 0 Å². The molecule has 0 unspecified atom stereocenters. The van der Waals surface area contributed by atoms with Gasteiger partial charge in [0.15, 0.2) is 0 Å². The van der Waals surface area contributed by atoms with Crippen LogP contribution in [0, 0.1) is 6.92 Å². The molecule has 0 saturated carbocycles. The van der Waals surface area contributed by atoms with E-state index in [1.54, 1.807) is 17.6 Å². The number of allylic oxidation sites excluding steroid dienone is 2. The molecule has 0 amide bonds. The average molecular weight is 192 g/mol. The summed E-state index contributed by atoms with van der Waals surface area (Å²) >= 11 is 0. The number of hydrogen-bond acceptors (Lipinski definition) is 1. The molecule has 0 saturated heterocycles. The molecule has 1 aromatic carbocycles. The fourth-order valence-electron chi connectivity index (χ4n) is 0.878. The smallest absolute Gasteiger partial charge is 0.0775 e. The van der Waals surface area contributed by atoms with Crippen LogP contribution in [0.15, 0.2) is 53.3 Å². The van der Waals surface area contributed by atoms with Crippen LogP contribution in [0.3, 0.4) is 0 Å². The molecule has 0 aliphatic heterocycles. The fourth-order valence-corrected chi connectivity index (χ4v) is 1.69. The van der Waals surface area contributed by atoms with Crippen molar-refractivity contribution >= 4 is 10.8 Å². The highest BCUT2D eigenvalue weighted by Crippen LogP contribution is 2.08. The Balaban J connectivity index is 2.83. The van der Waals surface area contributed by atoms with Crippen molar-refractivity contribution < 1.29 is 4.21 Å². The van der Waals surface area contributed by atoms with Crippen LogP contribution in [-0.2, 0) is 10.8 Å². The van der Waals surface area contributed by atoms with Gasteiger partial charge in [0, 0.05) is 10.3 Å². The molecular formula is C11H12OS. The Kier molecular flexibility index (Phi) is 3.65. The summed E-state index contributed by atoms with van der Waals surface area (Å²) in [6.45, 7) is 5.53. The third-order valence-corrected chi connectivity index (χ3v) is 2.73. The van der Waals surface area contributed by atoms with Crippen molar-refractivity contribution in [3.63, 3.8) is 0 Å². The van der Waals surface area contributed by atoms with Gasteiger partial charge in [0.2, 0.25) is 0 Å². The zero-order valence-electron chi connectivity index (χ0n) is 7.57. The maximum Gasteiger partial charge on any atom is 0.0775 e. The second-order valence-electron chi connectivity index (χ2n) is 2.67. The van der Waals surface area contributed by atoms with Crippen molar-refractivity contribution in [2.24, 2.45) is 0 Å². The molecular weight excluding hydrogens is 180 g/mol. The summed E-state index contributed by atoms with van der Waals surface area (Å²) in [7, 11) is -1.04. The highest BCUT2D eigenvalue weighted by molar-refractivity contribution is 7.88. The molecule has 2 heteroatoms. The molecule has 13 heavy (non-hydrogen) atoms. The van der Waals surface area contributed by atoms with Gasteiger partial charge in [0.25, 0.3) is 0 Å². The van der Waals surface area contributed by atoms with E-state index in [0.717, 1.165) is 4.90 Å². The van der Waals surface area contributed by atoms with E-state index in [1.165, 1.54) is 5.56 Å². The van der Waals surface area contributed by atoms with Crippen LogP contribution in [0.25, 0.3) is 0 Å². The maximum absolute atomic E-state index is 11.5. The van der Waals surface area contributed by atoms with Gasteiger partial charge in [-0.25, -0.2) is 4.21 Å². The summed E-state index contributed by atoms with van der Waals surface area (Å²) in [4.78, 5) is 0.823. The molecule has 0 N–H and O–H groups in total. The first-order valence-electron chi connectivity index (χ1n) is 4.00. The van der Waals surface area contributed by atoms with Crippen molar-refractivity contribution in [2.75, 3.05) is 0 Å². The Morgan fingerprint density at radius 3 is 2.46 bits per heavy atom. The Morgan fingerprint density at radius 2 is 1.92 bits per heavy atom. The molecule has 0 fully saturated rings. The van der Waals surface area contributed by atoms with Gasteiger partial charge in [-0.05, 0) is 19.1 Å². The number of rotatable bonds is 3. The molecule has 0 aliphatic rings. The van der Waals surface area contributed by atoms with Crippen LogP contribution in [0.2, 0.25) is 0 Å². The fraction of sp³-hybridized carbons (Fsp3) is 0.0909. The first-order chi connectivity index (χ1) is 6.24. The van der Waals surface area contributed by atoms with E-state index in [9.17, 15) is 4.21 Å². The van der Waals surface area contributed by atoms with Gasteiger partial charge in [-0.1, -0.05) is 36.4 Å². The van der Waals surface area contributed by atoms with Gasteiger partial charge in [0.05, 0.1) is 10.8 Å². The van der Waals surface area contributed by atoms with Gasteiger partial charge >= 0.3 is 0 Å². The van der Waals surface area contributed by atoms with Crippen molar-refractivity contribution in [3.05, 3.63) is 54.0 Å². The van der Waals surface area contributed by atoms with Crippen LogP contribution in [0.5, 0.6) is 0 Å². The molecule has 1 nitrogen and oxygen atoms in total. The topological polar surface area (TPSA) is 17.1 Å². The Morgan fingerprint density at radius 1 is 1.31 bits per heavy atom. The lowest BCUT2D eigenvalue weighted by Crippen LogP contribution is -1.85. The zero-order valence-corrected chi connectivity index (χ0v) is 8.38.